The smallest absolute Gasteiger partial charge is 0.416 e. The molecule has 4 aromatic carbocycles. The Labute approximate surface area is 347 Å². The summed E-state index contributed by atoms with van der Waals surface area (Å²) in [7, 11) is 1.68. The number of likely N-dealkylation sites (N-methyl/N-ethyl adjacent to an activating group) is 1. The number of aromatic nitrogens is 1. The topological polar surface area (TPSA) is 161 Å². The van der Waals surface area contributed by atoms with Crippen LogP contribution >= 0.6 is 0 Å². The van der Waals surface area contributed by atoms with E-state index in [0.717, 1.165) is 67.4 Å². The highest BCUT2D eigenvalue weighted by Crippen LogP contribution is 2.31. The maximum Gasteiger partial charge on any atom is 0.416 e. The van der Waals surface area contributed by atoms with E-state index in [1.54, 1.807) is 24.1 Å². The Kier molecular flexibility index (Phi) is 15.5. The number of carbonyl (C=O) groups is 3. The average molecular weight is 852 g/mol. The molecule has 1 aliphatic heterocycles. The van der Waals surface area contributed by atoms with Crippen molar-refractivity contribution in [1.29, 1.82) is 0 Å². The van der Waals surface area contributed by atoms with Crippen molar-refractivity contribution in [2.45, 2.75) is 70.0 Å². The number of aliphatic hydroxyl groups excluding tert-OH is 2. The lowest BCUT2D eigenvalue weighted by Crippen LogP contribution is -2.39. The van der Waals surface area contributed by atoms with E-state index < -0.39 is 47.5 Å². The van der Waals surface area contributed by atoms with E-state index in [9.17, 15) is 41.1 Å². The Morgan fingerprint density at radius 2 is 1.36 bits per heavy atom. The zero-order valence-electron chi connectivity index (χ0n) is 33.2. The number of aliphatic hydroxyl groups is 2. The first kappa shape index (κ1) is 46.1. The van der Waals surface area contributed by atoms with Crippen LogP contribution in [0.5, 0.6) is 0 Å². The normalized spacial score (nSPS) is 14.0. The number of benzene rings is 4. The molecule has 2 heterocycles. The number of hydrogen-bond acceptors (Lipinski definition) is 7. The highest BCUT2D eigenvalue weighted by molar-refractivity contribution is 5.84. The number of amides is 1. The van der Waals surface area contributed by atoms with Gasteiger partial charge in [0.05, 0.1) is 11.1 Å². The molecule has 5 aromatic rings. The minimum Gasteiger partial charge on any atom is -0.479 e. The van der Waals surface area contributed by atoms with Gasteiger partial charge in [-0.25, -0.2) is 18.4 Å². The molecule has 0 radical (unpaired) electrons. The number of halogens is 5. The first-order valence-corrected chi connectivity index (χ1v) is 19.6. The number of nitrogens with zero attached hydrogens (tertiary/aromatic N) is 3. The first-order valence-electron chi connectivity index (χ1n) is 19.6. The van der Waals surface area contributed by atoms with Crippen LogP contribution in [0.4, 0.5) is 22.0 Å². The van der Waals surface area contributed by atoms with Crippen molar-refractivity contribution in [1.82, 2.24) is 14.4 Å². The van der Waals surface area contributed by atoms with E-state index in [4.69, 9.17) is 20.4 Å². The van der Waals surface area contributed by atoms with E-state index in [2.05, 4.69) is 4.90 Å². The van der Waals surface area contributed by atoms with Crippen LogP contribution in [0.15, 0.2) is 95.8 Å². The summed E-state index contributed by atoms with van der Waals surface area (Å²) in [5, 5.41) is 33.0. The molecule has 2 atom stereocenters. The molecule has 1 aliphatic rings. The Morgan fingerprint density at radius 1 is 0.770 bits per heavy atom. The number of alkyl halides is 3. The molecule has 6 rings (SSSR count). The van der Waals surface area contributed by atoms with Gasteiger partial charge < -0.3 is 34.8 Å². The minimum atomic E-state index is -4.41. The highest BCUT2D eigenvalue weighted by atomic mass is 19.4. The molecule has 0 spiro atoms. The van der Waals surface area contributed by atoms with Crippen molar-refractivity contribution in [3.8, 4) is 11.1 Å². The van der Waals surface area contributed by atoms with Crippen LogP contribution in [-0.4, -0.2) is 91.5 Å². The van der Waals surface area contributed by atoms with Crippen LogP contribution in [0.3, 0.4) is 0 Å². The van der Waals surface area contributed by atoms with Crippen LogP contribution < -0.4 is 5.43 Å². The van der Waals surface area contributed by atoms with Crippen LogP contribution in [0.2, 0.25) is 0 Å². The highest BCUT2D eigenvalue weighted by Gasteiger charge is 2.30. The maximum atomic E-state index is 14.6. The fourth-order valence-corrected chi connectivity index (χ4v) is 7.08. The number of hydrogen-bond donors (Lipinski definition) is 4. The molecule has 11 nitrogen and oxygen atoms in total. The van der Waals surface area contributed by atoms with Gasteiger partial charge in [0.1, 0.15) is 6.54 Å². The molecular formula is C45H46F5N3O8. The third kappa shape index (κ3) is 12.3. The van der Waals surface area contributed by atoms with Gasteiger partial charge in [0, 0.05) is 30.7 Å². The van der Waals surface area contributed by atoms with Crippen LogP contribution in [0.25, 0.3) is 22.0 Å². The molecule has 1 amide bonds. The number of pyridine rings is 1. The zero-order chi connectivity index (χ0) is 44.4. The number of carboxylic acids is 2. The van der Waals surface area contributed by atoms with Gasteiger partial charge in [0.2, 0.25) is 5.91 Å². The third-order valence-corrected chi connectivity index (χ3v) is 10.5. The monoisotopic (exact) mass is 851 g/mol. The van der Waals surface area contributed by atoms with Gasteiger partial charge in [0.25, 0.3) is 0 Å². The number of likely N-dealkylation sites (tertiary alicyclic amines) is 1. The fourth-order valence-electron chi connectivity index (χ4n) is 7.08. The predicted octanol–water partition coefficient (Wildman–Crippen LogP) is 6.32. The fraction of sp³-hybridized carbons (Fsp3) is 0.333. The lowest BCUT2D eigenvalue weighted by atomic mass is 10.0. The van der Waals surface area contributed by atoms with Gasteiger partial charge in [-0.2, -0.15) is 13.2 Å². The molecule has 16 heteroatoms. The molecule has 2 unspecified atom stereocenters. The lowest BCUT2D eigenvalue weighted by molar-refractivity contribution is -0.165. The van der Waals surface area contributed by atoms with Crippen molar-refractivity contribution in [2.24, 2.45) is 0 Å². The summed E-state index contributed by atoms with van der Waals surface area (Å²) in [6.45, 7) is 3.43. The molecular weight excluding hydrogens is 805 g/mol. The van der Waals surface area contributed by atoms with Crippen molar-refractivity contribution < 1.29 is 56.8 Å². The number of carbonyl (C=O) groups excluding carboxylic acids is 1. The third-order valence-electron chi connectivity index (χ3n) is 10.5. The number of rotatable bonds is 15. The summed E-state index contributed by atoms with van der Waals surface area (Å²) in [4.78, 5) is 50.7. The number of carboxylic acid groups (broad SMARTS) is 2. The van der Waals surface area contributed by atoms with Crippen molar-refractivity contribution in [3.05, 3.63) is 141 Å². The molecule has 1 fully saturated rings. The summed E-state index contributed by atoms with van der Waals surface area (Å²) < 4.78 is 69.3. The van der Waals surface area contributed by atoms with E-state index in [1.165, 1.54) is 43.2 Å². The molecule has 1 saturated heterocycles. The van der Waals surface area contributed by atoms with E-state index in [0.29, 0.717) is 22.2 Å². The molecule has 0 saturated carbocycles. The average Bonchev–Trinajstić information content (AvgIpc) is 3.75. The van der Waals surface area contributed by atoms with E-state index in [-0.39, 0.29) is 42.8 Å². The summed E-state index contributed by atoms with van der Waals surface area (Å²) in [6.07, 6.45) is -4.36. The lowest BCUT2D eigenvalue weighted by Gasteiger charge is -2.22. The molecule has 324 valence electrons. The van der Waals surface area contributed by atoms with E-state index in [1.807, 2.05) is 34.9 Å². The summed E-state index contributed by atoms with van der Waals surface area (Å²) in [5.74, 6) is -5.62. The number of aliphatic carboxylic acids is 2. The first-order chi connectivity index (χ1) is 28.9. The summed E-state index contributed by atoms with van der Waals surface area (Å²) in [6, 6.07) is 23.5. The zero-order valence-corrected chi connectivity index (χ0v) is 33.2. The van der Waals surface area contributed by atoms with Gasteiger partial charge in [-0.3, -0.25) is 9.59 Å². The molecule has 0 bridgehead atoms. The second-order valence-corrected chi connectivity index (χ2v) is 14.9. The second kappa shape index (κ2) is 20.5. The molecule has 0 aliphatic carbocycles. The maximum absolute atomic E-state index is 14.6. The molecule has 1 aromatic heterocycles. The summed E-state index contributed by atoms with van der Waals surface area (Å²) in [5.41, 5.74) is 3.72. The Morgan fingerprint density at radius 3 is 1.95 bits per heavy atom. The van der Waals surface area contributed by atoms with Crippen molar-refractivity contribution in [2.75, 3.05) is 26.7 Å². The Hall–Kier alpha value is -5.97. The van der Waals surface area contributed by atoms with Crippen LogP contribution in [0.1, 0.15) is 47.2 Å². The largest absolute Gasteiger partial charge is 0.479 e. The standard InChI is InChI=1S/C41H40F5N3O2.C4H6O6/c1-47(26-29-9-12-30(13-10-29)31-14-17-33(18-15-31)41(44,45)46)39(51)27-49-34(19-16-32-7-4-8-36(42)40(32)43)25-38(50)35-20-11-28(24-37(35)49)6-5-23-48-21-2-3-22-48;5-1(3(7)8)2(6)4(9)10/h4,7-15,17-18,20,24-25H,2-3,5-6,16,19,21-23,26-27H2,1H3;1-2,5-6H,(H,7,8)(H,9,10). The van der Waals surface area contributed by atoms with Crippen LogP contribution in [-0.2, 0) is 52.9 Å². The Balaban J connectivity index is 0.000000626. The Bertz CT molecular complexity index is 2360. The van der Waals surface area contributed by atoms with Crippen LogP contribution in [0, 0.1) is 11.6 Å². The van der Waals surface area contributed by atoms with Gasteiger partial charge in [0.15, 0.2) is 29.3 Å². The quantitative estimate of drug-likeness (QED) is 0.0885. The van der Waals surface area contributed by atoms with Gasteiger partial charge in [-0.1, -0.05) is 54.6 Å². The minimum absolute atomic E-state index is 0.0743. The van der Waals surface area contributed by atoms with Gasteiger partial charge >= 0.3 is 18.1 Å². The number of fused-ring (bicyclic) bond motifs is 1. The van der Waals surface area contributed by atoms with Gasteiger partial charge in [-0.05, 0) is 116 Å². The molecule has 4 N–H and O–H groups in total. The SMILES string of the molecule is CN(Cc1ccc(-c2ccc(C(F)(F)F)cc2)cc1)C(=O)Cn1c(CCc2cccc(F)c2F)cc(=O)c2ccc(CCCN3CCCC3)cc21.O=C(O)C(O)C(O)C(=O)O. The molecule has 61 heavy (non-hydrogen) atoms. The summed E-state index contributed by atoms with van der Waals surface area (Å²) >= 11 is 0. The van der Waals surface area contributed by atoms with Crippen molar-refractivity contribution in [3.63, 3.8) is 0 Å². The predicted molar refractivity (Wildman–Crippen MR) is 217 cm³/mol. The second-order valence-electron chi connectivity index (χ2n) is 14.9. The number of aryl methyl sites for hydroxylation is 3. The van der Waals surface area contributed by atoms with Crippen molar-refractivity contribution >= 4 is 28.7 Å². The van der Waals surface area contributed by atoms with Gasteiger partial charge in [-0.15, -0.1) is 0 Å². The van der Waals surface area contributed by atoms with E-state index >= 15 is 0 Å².